The molecule has 0 aliphatic carbocycles. The molecule has 1 aromatic carbocycles. The molecule has 0 N–H and O–H groups in total. The van der Waals surface area contributed by atoms with E-state index in [1.165, 1.54) is 31.2 Å². The molecule has 5 nitrogen and oxygen atoms in total. The summed E-state index contributed by atoms with van der Waals surface area (Å²) in [7, 11) is 0. The monoisotopic (exact) mass is 369 g/mol. The number of hydrogen-bond donors (Lipinski definition) is 0. The number of rotatable bonds is 4. The van der Waals surface area contributed by atoms with Gasteiger partial charge in [-0.3, -0.25) is 4.79 Å². The summed E-state index contributed by atoms with van der Waals surface area (Å²) in [6, 6.07) is 8.31. The van der Waals surface area contributed by atoms with Gasteiger partial charge in [0.25, 0.3) is 0 Å². The van der Waals surface area contributed by atoms with Crippen molar-refractivity contribution in [2.24, 2.45) is 0 Å². The maximum atomic E-state index is 12.7. The van der Waals surface area contributed by atoms with Crippen LogP contribution in [0.2, 0.25) is 0 Å². The van der Waals surface area contributed by atoms with Gasteiger partial charge in [-0.2, -0.15) is 0 Å². The van der Waals surface area contributed by atoms with E-state index < -0.39 is 0 Å². The number of para-hydroxylation sites is 1. The molecule has 1 aliphatic rings. The smallest absolute Gasteiger partial charge is 0.222 e. The second-order valence-electron chi connectivity index (χ2n) is 7.26. The third-order valence-electron chi connectivity index (χ3n) is 5.18. The molecule has 0 fully saturated rings. The molecule has 2 heterocycles. The Labute approximate surface area is 162 Å². The van der Waals surface area contributed by atoms with Crippen molar-refractivity contribution in [3.05, 3.63) is 48.5 Å². The maximum Gasteiger partial charge on any atom is 0.222 e. The summed E-state index contributed by atoms with van der Waals surface area (Å²) >= 11 is 0. The summed E-state index contributed by atoms with van der Waals surface area (Å²) in [4.78, 5) is 18.7. The van der Waals surface area contributed by atoms with Gasteiger partial charge in [-0.1, -0.05) is 37.5 Å². The number of amides is 1. The first kappa shape index (κ1) is 19.5. The zero-order valence-corrected chi connectivity index (χ0v) is 16.2. The van der Waals surface area contributed by atoms with E-state index in [4.69, 9.17) is 4.74 Å². The molecule has 1 amide bonds. The van der Waals surface area contributed by atoms with Crippen molar-refractivity contribution in [3.63, 3.8) is 0 Å². The molecule has 0 unspecified atom stereocenters. The van der Waals surface area contributed by atoms with Crippen LogP contribution in [0, 0.1) is 0 Å². The highest BCUT2D eigenvalue weighted by atomic mass is 16.5. The molecule has 0 saturated heterocycles. The van der Waals surface area contributed by atoms with Crippen molar-refractivity contribution in [2.45, 2.75) is 57.9 Å². The van der Waals surface area contributed by atoms with Gasteiger partial charge in [-0.05, 0) is 37.3 Å². The molecule has 0 radical (unpaired) electrons. The normalized spacial score (nSPS) is 16.4. The minimum Gasteiger partial charge on any atom is -0.491 e. The molecular formula is C22H31N3O2. The van der Waals surface area contributed by atoms with Crippen LogP contribution in [-0.4, -0.2) is 40.1 Å². The Balaban J connectivity index is 1.53. The van der Waals surface area contributed by atoms with Crippen LogP contribution in [0.25, 0.3) is 0 Å². The molecule has 3 rings (SSSR count). The fourth-order valence-corrected chi connectivity index (χ4v) is 3.62. The van der Waals surface area contributed by atoms with Gasteiger partial charge < -0.3 is 14.2 Å². The highest BCUT2D eigenvalue weighted by Crippen LogP contribution is 2.21. The van der Waals surface area contributed by atoms with Crippen LogP contribution in [0.1, 0.15) is 50.5 Å². The van der Waals surface area contributed by atoms with E-state index >= 15 is 0 Å². The van der Waals surface area contributed by atoms with Gasteiger partial charge in [0.1, 0.15) is 12.4 Å². The van der Waals surface area contributed by atoms with E-state index in [1.54, 1.807) is 12.5 Å². The van der Waals surface area contributed by atoms with Crippen molar-refractivity contribution in [3.8, 4) is 5.75 Å². The molecule has 0 bridgehead atoms. The standard InChI is InChI=1S/C22H31N3O2/c26-22(12-8-14-24-16-13-23-19-24)25-15-7-3-1-2-4-9-20-10-5-6-11-21(20)27-18-17-25/h5-6,10-11,13,16,19H,1-4,7-9,12,14-15,17-18H2. The lowest BCUT2D eigenvalue weighted by atomic mass is 10.0. The summed E-state index contributed by atoms with van der Waals surface area (Å²) in [5, 5.41) is 0. The minimum absolute atomic E-state index is 0.238. The molecule has 1 aromatic heterocycles. The second-order valence-corrected chi connectivity index (χ2v) is 7.26. The summed E-state index contributed by atoms with van der Waals surface area (Å²) < 4.78 is 8.06. The van der Waals surface area contributed by atoms with E-state index in [0.717, 1.165) is 38.1 Å². The van der Waals surface area contributed by atoms with Crippen LogP contribution < -0.4 is 4.74 Å². The summed E-state index contributed by atoms with van der Waals surface area (Å²) in [6.45, 7) is 2.90. The fourth-order valence-electron chi connectivity index (χ4n) is 3.62. The van der Waals surface area contributed by atoms with Crippen LogP contribution in [0.3, 0.4) is 0 Å². The Morgan fingerprint density at radius 2 is 1.93 bits per heavy atom. The Morgan fingerprint density at radius 3 is 2.81 bits per heavy atom. The largest absolute Gasteiger partial charge is 0.491 e. The molecule has 2 aromatic rings. The molecule has 1 aliphatic heterocycles. The molecule has 146 valence electrons. The molecule has 0 spiro atoms. The van der Waals surface area contributed by atoms with Gasteiger partial charge in [0.15, 0.2) is 0 Å². The average Bonchev–Trinajstić information content (AvgIpc) is 3.20. The Hall–Kier alpha value is -2.30. The summed E-state index contributed by atoms with van der Waals surface area (Å²) in [5.74, 6) is 1.21. The molecule has 0 atom stereocenters. The van der Waals surface area contributed by atoms with Gasteiger partial charge >= 0.3 is 0 Å². The van der Waals surface area contributed by atoms with E-state index in [-0.39, 0.29) is 5.91 Å². The van der Waals surface area contributed by atoms with E-state index in [9.17, 15) is 4.79 Å². The number of benzene rings is 1. The highest BCUT2D eigenvalue weighted by Gasteiger charge is 2.14. The molecule has 0 saturated carbocycles. The number of nitrogens with zero attached hydrogens (tertiary/aromatic N) is 3. The number of imidazole rings is 1. The van der Waals surface area contributed by atoms with Crippen molar-refractivity contribution in [1.29, 1.82) is 0 Å². The van der Waals surface area contributed by atoms with E-state index in [1.807, 2.05) is 27.8 Å². The first-order valence-corrected chi connectivity index (χ1v) is 10.3. The van der Waals surface area contributed by atoms with Gasteiger partial charge in [0.05, 0.1) is 12.9 Å². The highest BCUT2D eigenvalue weighted by molar-refractivity contribution is 5.76. The quantitative estimate of drug-likeness (QED) is 0.816. The zero-order valence-electron chi connectivity index (χ0n) is 16.2. The number of fused-ring (bicyclic) bond motifs is 1. The number of hydrogen-bond acceptors (Lipinski definition) is 3. The van der Waals surface area contributed by atoms with Crippen LogP contribution in [0.15, 0.2) is 43.0 Å². The zero-order chi connectivity index (χ0) is 18.7. The topological polar surface area (TPSA) is 47.4 Å². The third-order valence-corrected chi connectivity index (χ3v) is 5.18. The number of carbonyl (C=O) groups is 1. The molecular weight excluding hydrogens is 338 g/mol. The Kier molecular flexibility index (Phi) is 7.75. The van der Waals surface area contributed by atoms with Crippen LogP contribution in [-0.2, 0) is 17.8 Å². The number of aromatic nitrogens is 2. The molecule has 5 heteroatoms. The van der Waals surface area contributed by atoms with Crippen molar-refractivity contribution in [1.82, 2.24) is 14.5 Å². The first-order chi connectivity index (χ1) is 13.3. The average molecular weight is 370 g/mol. The fraction of sp³-hybridized carbons (Fsp3) is 0.545. The lowest BCUT2D eigenvalue weighted by molar-refractivity contribution is -0.131. The van der Waals surface area contributed by atoms with Crippen LogP contribution in [0.5, 0.6) is 5.75 Å². The predicted molar refractivity (Wildman–Crippen MR) is 107 cm³/mol. The third kappa shape index (κ3) is 6.42. The summed E-state index contributed by atoms with van der Waals surface area (Å²) in [5.41, 5.74) is 1.29. The lowest BCUT2D eigenvalue weighted by Gasteiger charge is -2.23. The predicted octanol–water partition coefficient (Wildman–Crippen LogP) is 4.08. The van der Waals surface area contributed by atoms with E-state index in [0.29, 0.717) is 19.6 Å². The summed E-state index contributed by atoms with van der Waals surface area (Å²) in [6.07, 6.45) is 14.0. The Bertz CT molecular complexity index is 685. The van der Waals surface area contributed by atoms with Crippen molar-refractivity contribution < 1.29 is 9.53 Å². The second kappa shape index (κ2) is 10.8. The van der Waals surface area contributed by atoms with Crippen LogP contribution >= 0.6 is 0 Å². The van der Waals surface area contributed by atoms with Gasteiger partial charge in [-0.15, -0.1) is 0 Å². The molecule has 27 heavy (non-hydrogen) atoms. The van der Waals surface area contributed by atoms with Crippen LogP contribution in [0.4, 0.5) is 0 Å². The SMILES string of the molecule is O=C(CCCn1ccnc1)N1CCCCCCCc2ccccc2OCC1. The van der Waals surface area contributed by atoms with Gasteiger partial charge in [0, 0.05) is 31.9 Å². The number of ether oxygens (including phenoxy) is 1. The minimum atomic E-state index is 0.238. The van der Waals surface area contributed by atoms with Gasteiger partial charge in [-0.25, -0.2) is 4.98 Å². The first-order valence-electron chi connectivity index (χ1n) is 10.3. The van der Waals surface area contributed by atoms with Crippen molar-refractivity contribution >= 4 is 5.91 Å². The van der Waals surface area contributed by atoms with Crippen molar-refractivity contribution in [2.75, 3.05) is 19.7 Å². The maximum absolute atomic E-state index is 12.7. The Morgan fingerprint density at radius 1 is 1.07 bits per heavy atom. The number of carbonyl (C=O) groups excluding carboxylic acids is 1. The number of aryl methyl sites for hydroxylation is 2. The van der Waals surface area contributed by atoms with Gasteiger partial charge in [0.2, 0.25) is 5.91 Å². The van der Waals surface area contributed by atoms with E-state index in [2.05, 4.69) is 17.1 Å². The lowest BCUT2D eigenvalue weighted by Crippen LogP contribution is -2.35.